The van der Waals surface area contributed by atoms with Crippen LogP contribution >= 0.6 is 12.4 Å². The van der Waals surface area contributed by atoms with Gasteiger partial charge in [-0.1, -0.05) is 0 Å². The summed E-state index contributed by atoms with van der Waals surface area (Å²) in [5, 5.41) is 8.75. The average Bonchev–Trinajstić information content (AvgIpc) is 2.53. The van der Waals surface area contributed by atoms with E-state index in [4.69, 9.17) is 9.84 Å². The summed E-state index contributed by atoms with van der Waals surface area (Å²) in [6.45, 7) is 2.64. The van der Waals surface area contributed by atoms with E-state index in [9.17, 15) is 4.79 Å². The quantitative estimate of drug-likeness (QED) is 0.869. The summed E-state index contributed by atoms with van der Waals surface area (Å²) in [6, 6.07) is 8.64. The lowest BCUT2D eigenvalue weighted by molar-refractivity contribution is -0.137. The Morgan fingerprint density at radius 2 is 1.91 bits per heavy atom. The minimum Gasteiger partial charge on any atom is -0.497 e. The van der Waals surface area contributed by atoms with E-state index in [1.54, 1.807) is 7.11 Å². The van der Waals surface area contributed by atoms with Crippen LogP contribution in [0.25, 0.3) is 0 Å². The van der Waals surface area contributed by atoms with Gasteiger partial charge in [0, 0.05) is 31.4 Å². The molecule has 0 spiro atoms. The Balaban J connectivity index is 0.00000242. The second-order valence-electron chi connectivity index (χ2n) is 5.54. The molecule has 1 aliphatic heterocycles. The van der Waals surface area contributed by atoms with Gasteiger partial charge in [-0.25, -0.2) is 0 Å². The highest BCUT2D eigenvalue weighted by atomic mass is 35.5. The van der Waals surface area contributed by atoms with Gasteiger partial charge in [0.15, 0.2) is 0 Å². The molecule has 1 N–H and O–H groups in total. The molecule has 0 aromatic heterocycles. The maximum atomic E-state index is 10.6. The second-order valence-corrected chi connectivity index (χ2v) is 5.54. The van der Waals surface area contributed by atoms with E-state index in [1.807, 2.05) is 19.2 Å². The molecule has 124 valence electrons. The minimum absolute atomic E-state index is 0. The Bertz CT molecular complexity index is 459. The Morgan fingerprint density at radius 1 is 1.32 bits per heavy atom. The normalized spacial score (nSPS) is 15.5. The number of rotatable bonds is 6. The number of aliphatic carboxylic acids is 1. The van der Waals surface area contributed by atoms with Crippen molar-refractivity contribution in [3.63, 3.8) is 0 Å². The number of hydrogen-bond acceptors (Lipinski definition) is 4. The number of ether oxygens (including phenoxy) is 1. The van der Waals surface area contributed by atoms with Crippen LogP contribution < -0.4 is 9.64 Å². The van der Waals surface area contributed by atoms with Crippen molar-refractivity contribution in [2.75, 3.05) is 38.7 Å². The van der Waals surface area contributed by atoms with E-state index < -0.39 is 5.97 Å². The minimum atomic E-state index is -0.725. The fourth-order valence-electron chi connectivity index (χ4n) is 2.81. The summed E-state index contributed by atoms with van der Waals surface area (Å²) in [5.74, 6) is 0.152. The van der Waals surface area contributed by atoms with Crippen molar-refractivity contribution in [1.82, 2.24) is 4.90 Å². The largest absolute Gasteiger partial charge is 0.497 e. The van der Waals surface area contributed by atoms with Crippen LogP contribution in [0.1, 0.15) is 19.3 Å². The van der Waals surface area contributed by atoms with Crippen LogP contribution in [0.4, 0.5) is 5.69 Å². The maximum Gasteiger partial charge on any atom is 0.304 e. The van der Waals surface area contributed by atoms with Crippen LogP contribution in [0.2, 0.25) is 0 Å². The fraction of sp³-hybridized carbons (Fsp3) is 0.562. The summed E-state index contributed by atoms with van der Waals surface area (Å²) in [5.41, 5.74) is 1.22. The molecule has 1 aromatic rings. The number of carboxylic acid groups (broad SMARTS) is 1. The van der Waals surface area contributed by atoms with Gasteiger partial charge < -0.3 is 19.6 Å². The second kappa shape index (κ2) is 8.86. The van der Waals surface area contributed by atoms with Gasteiger partial charge in [-0.2, -0.15) is 0 Å². The fourth-order valence-corrected chi connectivity index (χ4v) is 2.81. The zero-order valence-corrected chi connectivity index (χ0v) is 14.0. The third kappa shape index (κ3) is 5.07. The monoisotopic (exact) mass is 328 g/mol. The number of nitrogens with zero attached hydrogens (tertiary/aromatic N) is 2. The molecular formula is C16H25ClN2O3. The molecule has 0 aliphatic carbocycles. The number of hydrogen-bond donors (Lipinski definition) is 1. The highest BCUT2D eigenvalue weighted by Crippen LogP contribution is 2.24. The van der Waals surface area contributed by atoms with Crippen LogP contribution in [-0.2, 0) is 4.79 Å². The summed E-state index contributed by atoms with van der Waals surface area (Å²) in [6.07, 6.45) is 2.36. The number of piperidine rings is 1. The van der Waals surface area contributed by atoms with E-state index in [1.165, 1.54) is 5.69 Å². The van der Waals surface area contributed by atoms with Gasteiger partial charge in [0.05, 0.1) is 13.5 Å². The highest BCUT2D eigenvalue weighted by Gasteiger charge is 2.22. The lowest BCUT2D eigenvalue weighted by Crippen LogP contribution is -2.44. The molecule has 1 heterocycles. The standard InChI is InChI=1S/C16H24N2O3.ClH/c1-17(10-9-16(19)20)13-7-11-18(12-8-13)14-3-5-15(21-2)6-4-14;/h3-6,13H,7-12H2,1-2H3,(H,19,20);1H. The van der Waals surface area contributed by atoms with E-state index in [-0.39, 0.29) is 18.8 Å². The number of halogens is 1. The smallest absolute Gasteiger partial charge is 0.304 e. The molecule has 6 heteroatoms. The van der Waals surface area contributed by atoms with Crippen molar-refractivity contribution in [1.29, 1.82) is 0 Å². The first-order chi connectivity index (χ1) is 10.1. The molecule has 5 nitrogen and oxygen atoms in total. The van der Waals surface area contributed by atoms with E-state index in [0.29, 0.717) is 12.6 Å². The van der Waals surface area contributed by atoms with E-state index in [0.717, 1.165) is 31.7 Å². The van der Waals surface area contributed by atoms with Crippen molar-refractivity contribution < 1.29 is 14.6 Å². The predicted molar refractivity (Wildman–Crippen MR) is 90.4 cm³/mol. The topological polar surface area (TPSA) is 53.0 Å². The molecule has 2 rings (SSSR count). The maximum absolute atomic E-state index is 10.6. The summed E-state index contributed by atoms with van der Waals surface area (Å²) in [7, 11) is 3.70. The van der Waals surface area contributed by atoms with E-state index >= 15 is 0 Å². The molecule has 22 heavy (non-hydrogen) atoms. The first-order valence-electron chi connectivity index (χ1n) is 7.41. The Hall–Kier alpha value is -1.46. The lowest BCUT2D eigenvalue weighted by Gasteiger charge is -2.37. The third-order valence-corrected chi connectivity index (χ3v) is 4.20. The van der Waals surface area contributed by atoms with Crippen molar-refractivity contribution >= 4 is 24.1 Å². The summed E-state index contributed by atoms with van der Waals surface area (Å²) < 4.78 is 5.18. The molecule has 1 aliphatic rings. The van der Waals surface area contributed by atoms with Crippen LogP contribution in [0.5, 0.6) is 5.75 Å². The van der Waals surface area contributed by atoms with Gasteiger partial charge in [0.25, 0.3) is 0 Å². The van der Waals surface area contributed by atoms with Crippen molar-refractivity contribution in [2.45, 2.75) is 25.3 Å². The molecule has 0 radical (unpaired) electrons. The molecule has 0 saturated carbocycles. The molecule has 0 unspecified atom stereocenters. The van der Waals surface area contributed by atoms with Gasteiger partial charge in [-0.3, -0.25) is 4.79 Å². The molecular weight excluding hydrogens is 304 g/mol. The molecule has 0 amide bonds. The Labute approximate surface area is 138 Å². The first-order valence-corrected chi connectivity index (χ1v) is 7.41. The Kier molecular flexibility index (Phi) is 7.48. The number of carboxylic acids is 1. The SMILES string of the molecule is COc1ccc(N2CCC(N(C)CCC(=O)O)CC2)cc1.Cl. The molecule has 1 aromatic carbocycles. The third-order valence-electron chi connectivity index (χ3n) is 4.20. The number of benzene rings is 1. The summed E-state index contributed by atoms with van der Waals surface area (Å²) in [4.78, 5) is 15.2. The zero-order valence-electron chi connectivity index (χ0n) is 13.2. The van der Waals surface area contributed by atoms with Crippen LogP contribution in [0, 0.1) is 0 Å². The number of methoxy groups -OCH3 is 1. The highest BCUT2D eigenvalue weighted by molar-refractivity contribution is 5.85. The Morgan fingerprint density at radius 3 is 2.41 bits per heavy atom. The van der Waals surface area contributed by atoms with Crippen LogP contribution in [0.15, 0.2) is 24.3 Å². The molecule has 1 saturated heterocycles. The van der Waals surface area contributed by atoms with Gasteiger partial charge >= 0.3 is 5.97 Å². The van der Waals surface area contributed by atoms with Gasteiger partial charge in [0.2, 0.25) is 0 Å². The van der Waals surface area contributed by atoms with Crippen molar-refractivity contribution in [2.24, 2.45) is 0 Å². The predicted octanol–water partition coefficient (Wildman–Crippen LogP) is 2.49. The average molecular weight is 329 g/mol. The lowest BCUT2D eigenvalue weighted by atomic mass is 10.0. The van der Waals surface area contributed by atoms with Crippen molar-refractivity contribution in [3.8, 4) is 5.75 Å². The van der Waals surface area contributed by atoms with Crippen LogP contribution in [0.3, 0.4) is 0 Å². The summed E-state index contributed by atoms with van der Waals surface area (Å²) >= 11 is 0. The van der Waals surface area contributed by atoms with Crippen LogP contribution in [-0.4, -0.2) is 55.8 Å². The molecule has 0 atom stereocenters. The van der Waals surface area contributed by atoms with E-state index in [2.05, 4.69) is 21.9 Å². The van der Waals surface area contributed by atoms with Crippen molar-refractivity contribution in [3.05, 3.63) is 24.3 Å². The number of carbonyl (C=O) groups is 1. The van der Waals surface area contributed by atoms with Gasteiger partial charge in [0.1, 0.15) is 5.75 Å². The molecule has 1 fully saturated rings. The van der Waals surface area contributed by atoms with Gasteiger partial charge in [-0.05, 0) is 44.2 Å². The zero-order chi connectivity index (χ0) is 15.2. The van der Waals surface area contributed by atoms with Gasteiger partial charge in [-0.15, -0.1) is 12.4 Å². The number of anilines is 1. The molecule has 0 bridgehead atoms. The first kappa shape index (κ1) is 18.6.